The van der Waals surface area contributed by atoms with Crippen LogP contribution < -0.4 is 10.3 Å². The minimum absolute atomic E-state index is 0.127. The van der Waals surface area contributed by atoms with Crippen LogP contribution in [-0.4, -0.2) is 16.3 Å². The SMILES string of the molecule is CSc1ccc([C@@H](Nc2cccc[nH+]2)c2cc(Cl)c3cccnc3c2O)cc1. The lowest BCUT2D eigenvalue weighted by Crippen LogP contribution is -2.19. The average Bonchev–Trinajstić information content (AvgIpc) is 2.76. The number of nitrogens with zero attached hydrogens (tertiary/aromatic N) is 1. The first-order valence-electron chi connectivity index (χ1n) is 8.80. The number of anilines is 1. The first-order chi connectivity index (χ1) is 13.7. The van der Waals surface area contributed by atoms with Gasteiger partial charge in [-0.05, 0) is 42.7 Å². The van der Waals surface area contributed by atoms with Crippen molar-refractivity contribution in [3.8, 4) is 5.75 Å². The quantitative estimate of drug-likeness (QED) is 0.438. The zero-order valence-corrected chi connectivity index (χ0v) is 16.8. The molecule has 0 unspecified atom stereocenters. The smallest absolute Gasteiger partial charge is 0.272 e. The summed E-state index contributed by atoms with van der Waals surface area (Å²) in [5.74, 6) is 0.959. The molecular formula is C22H19ClN3OS+. The van der Waals surface area contributed by atoms with Crippen LogP contribution in [0.2, 0.25) is 5.02 Å². The van der Waals surface area contributed by atoms with Gasteiger partial charge < -0.3 is 5.11 Å². The largest absolute Gasteiger partial charge is 0.505 e. The molecule has 0 radical (unpaired) electrons. The lowest BCUT2D eigenvalue weighted by molar-refractivity contribution is -0.361. The Morgan fingerprint density at radius 2 is 1.93 bits per heavy atom. The van der Waals surface area contributed by atoms with Crippen LogP contribution in [0.5, 0.6) is 5.75 Å². The van der Waals surface area contributed by atoms with E-state index in [-0.39, 0.29) is 11.8 Å². The van der Waals surface area contributed by atoms with E-state index in [4.69, 9.17) is 11.6 Å². The van der Waals surface area contributed by atoms with Gasteiger partial charge in [-0.1, -0.05) is 29.8 Å². The summed E-state index contributed by atoms with van der Waals surface area (Å²) in [5, 5.41) is 15.8. The third kappa shape index (κ3) is 3.63. The Kier molecular flexibility index (Phi) is 5.37. The molecule has 4 nitrogen and oxygen atoms in total. The van der Waals surface area contributed by atoms with Crippen molar-refractivity contribution in [1.29, 1.82) is 0 Å². The highest BCUT2D eigenvalue weighted by molar-refractivity contribution is 7.98. The van der Waals surface area contributed by atoms with Crippen molar-refractivity contribution in [1.82, 2.24) is 4.98 Å². The van der Waals surface area contributed by atoms with E-state index in [0.717, 1.165) is 16.8 Å². The number of aromatic hydroxyl groups is 1. The second-order valence-electron chi connectivity index (χ2n) is 6.32. The van der Waals surface area contributed by atoms with Gasteiger partial charge in [0.05, 0.1) is 11.2 Å². The van der Waals surface area contributed by atoms with Crippen LogP contribution in [0.25, 0.3) is 10.9 Å². The number of aromatic amines is 1. The normalized spacial score (nSPS) is 12.1. The number of benzene rings is 2. The second kappa shape index (κ2) is 8.09. The van der Waals surface area contributed by atoms with Crippen LogP contribution >= 0.6 is 23.4 Å². The maximum absolute atomic E-state index is 11.0. The van der Waals surface area contributed by atoms with Gasteiger partial charge in [-0.3, -0.25) is 10.3 Å². The zero-order valence-electron chi connectivity index (χ0n) is 15.2. The Hall–Kier alpha value is -2.76. The maximum atomic E-state index is 11.0. The minimum atomic E-state index is -0.307. The van der Waals surface area contributed by atoms with Crippen molar-refractivity contribution < 1.29 is 10.1 Å². The van der Waals surface area contributed by atoms with Gasteiger partial charge in [-0.2, -0.15) is 0 Å². The van der Waals surface area contributed by atoms with Gasteiger partial charge in [0.1, 0.15) is 17.3 Å². The predicted molar refractivity (Wildman–Crippen MR) is 115 cm³/mol. The van der Waals surface area contributed by atoms with E-state index in [1.807, 2.05) is 48.9 Å². The molecule has 4 aromatic rings. The van der Waals surface area contributed by atoms with Gasteiger partial charge in [0.25, 0.3) is 5.82 Å². The van der Waals surface area contributed by atoms with E-state index in [0.29, 0.717) is 16.1 Å². The molecule has 2 aromatic heterocycles. The molecule has 1 atom stereocenters. The molecule has 2 heterocycles. The summed E-state index contributed by atoms with van der Waals surface area (Å²) in [6.45, 7) is 0. The number of nitrogens with one attached hydrogen (secondary N) is 2. The first kappa shape index (κ1) is 18.6. The molecule has 0 aliphatic rings. The molecule has 4 rings (SSSR count). The molecule has 0 spiro atoms. The summed E-state index contributed by atoms with van der Waals surface area (Å²) in [6.07, 6.45) is 5.55. The lowest BCUT2D eigenvalue weighted by Gasteiger charge is -2.18. The first-order valence-corrected chi connectivity index (χ1v) is 10.4. The summed E-state index contributed by atoms with van der Waals surface area (Å²) < 4.78 is 0. The van der Waals surface area contributed by atoms with Crippen LogP contribution in [0.3, 0.4) is 0 Å². The van der Waals surface area contributed by atoms with Crippen molar-refractivity contribution in [2.24, 2.45) is 0 Å². The molecule has 0 amide bonds. The Labute approximate surface area is 172 Å². The monoisotopic (exact) mass is 408 g/mol. The third-order valence-electron chi connectivity index (χ3n) is 4.61. The number of halogens is 1. The summed E-state index contributed by atoms with van der Waals surface area (Å²) in [7, 11) is 0. The highest BCUT2D eigenvalue weighted by Crippen LogP contribution is 2.39. The zero-order chi connectivity index (χ0) is 19.5. The molecule has 0 saturated carbocycles. The topological polar surface area (TPSA) is 59.3 Å². The number of hydrogen-bond donors (Lipinski definition) is 2. The van der Waals surface area contributed by atoms with Gasteiger partial charge in [0, 0.05) is 33.7 Å². The van der Waals surface area contributed by atoms with E-state index in [9.17, 15) is 5.11 Å². The number of aromatic nitrogens is 2. The number of thioether (sulfide) groups is 1. The van der Waals surface area contributed by atoms with Crippen molar-refractivity contribution in [3.05, 3.63) is 89.2 Å². The molecule has 3 N–H and O–H groups in total. The van der Waals surface area contributed by atoms with Gasteiger partial charge in [0.15, 0.2) is 0 Å². The molecule has 28 heavy (non-hydrogen) atoms. The van der Waals surface area contributed by atoms with Crippen LogP contribution in [0, 0.1) is 0 Å². The Balaban J connectivity index is 1.87. The number of fused-ring (bicyclic) bond motifs is 1. The lowest BCUT2D eigenvalue weighted by atomic mass is 9.96. The van der Waals surface area contributed by atoms with Gasteiger partial charge >= 0.3 is 0 Å². The fourth-order valence-corrected chi connectivity index (χ4v) is 3.88. The Morgan fingerprint density at radius 3 is 2.64 bits per heavy atom. The molecule has 0 aliphatic carbocycles. The molecule has 0 saturated heterocycles. The average molecular weight is 409 g/mol. The highest BCUT2D eigenvalue weighted by Gasteiger charge is 2.25. The number of phenols is 1. The number of hydrogen-bond acceptors (Lipinski definition) is 4. The fraction of sp³-hybridized carbons (Fsp3) is 0.0909. The van der Waals surface area contributed by atoms with E-state index in [2.05, 4.69) is 39.6 Å². The summed E-state index contributed by atoms with van der Waals surface area (Å²) in [5.41, 5.74) is 2.18. The van der Waals surface area contributed by atoms with Crippen molar-refractivity contribution in [2.75, 3.05) is 11.6 Å². The number of H-pyrrole nitrogens is 1. The summed E-state index contributed by atoms with van der Waals surface area (Å²) in [6, 6.07) is 19.2. The maximum Gasteiger partial charge on any atom is 0.272 e. The fourth-order valence-electron chi connectivity index (χ4n) is 3.20. The minimum Gasteiger partial charge on any atom is -0.505 e. The van der Waals surface area contributed by atoms with E-state index in [1.165, 1.54) is 4.90 Å². The van der Waals surface area contributed by atoms with Gasteiger partial charge in [0.2, 0.25) is 0 Å². The summed E-state index contributed by atoms with van der Waals surface area (Å²) in [4.78, 5) is 8.70. The predicted octanol–water partition coefficient (Wildman–Crippen LogP) is 5.33. The van der Waals surface area contributed by atoms with E-state index < -0.39 is 0 Å². The molecule has 6 heteroatoms. The van der Waals surface area contributed by atoms with Crippen LogP contribution in [0.1, 0.15) is 17.2 Å². The van der Waals surface area contributed by atoms with E-state index >= 15 is 0 Å². The van der Waals surface area contributed by atoms with Crippen molar-refractivity contribution >= 4 is 40.1 Å². The molecule has 0 bridgehead atoms. The van der Waals surface area contributed by atoms with Crippen molar-refractivity contribution in [2.45, 2.75) is 10.9 Å². The van der Waals surface area contributed by atoms with Gasteiger partial charge in [-0.15, -0.1) is 11.8 Å². The Bertz CT molecular complexity index is 1100. The standard InChI is InChI=1S/C22H18ClN3OS/c1-28-15-9-7-14(8-10-15)20(26-19-6-2-3-11-24-19)17-13-18(23)16-5-4-12-25-21(16)22(17)27/h2-13,20,27H,1H3,(H,24,26)/p+1/t20-/m1/s1. The number of phenolic OH excluding ortho intramolecular Hbond substituents is 1. The molecule has 2 aromatic carbocycles. The molecule has 140 valence electrons. The number of rotatable bonds is 5. The van der Waals surface area contributed by atoms with E-state index in [1.54, 1.807) is 18.0 Å². The molecule has 0 fully saturated rings. The number of pyridine rings is 2. The van der Waals surface area contributed by atoms with Crippen LogP contribution in [0.15, 0.2) is 78.0 Å². The summed E-state index contributed by atoms with van der Waals surface area (Å²) >= 11 is 8.22. The second-order valence-corrected chi connectivity index (χ2v) is 7.61. The highest BCUT2D eigenvalue weighted by atomic mass is 35.5. The molecule has 0 aliphatic heterocycles. The van der Waals surface area contributed by atoms with Gasteiger partial charge in [-0.25, -0.2) is 4.98 Å². The molecular weight excluding hydrogens is 390 g/mol. The van der Waals surface area contributed by atoms with Crippen LogP contribution in [0.4, 0.5) is 5.82 Å². The third-order valence-corrected chi connectivity index (χ3v) is 5.67. The van der Waals surface area contributed by atoms with Crippen LogP contribution in [-0.2, 0) is 0 Å². The Morgan fingerprint density at radius 1 is 1.11 bits per heavy atom. The van der Waals surface area contributed by atoms with Crippen molar-refractivity contribution in [3.63, 3.8) is 0 Å².